The van der Waals surface area contributed by atoms with E-state index in [1.807, 2.05) is 13.8 Å². The monoisotopic (exact) mass is 331 g/mol. The lowest BCUT2D eigenvalue weighted by molar-refractivity contribution is -0.140. The lowest BCUT2D eigenvalue weighted by atomic mass is 10.2. The fourth-order valence-electron chi connectivity index (χ4n) is 1.66. The molecule has 0 aliphatic rings. The lowest BCUT2D eigenvalue weighted by Gasteiger charge is -2.23. The summed E-state index contributed by atoms with van der Waals surface area (Å²) in [5.41, 5.74) is 0.463. The zero-order valence-electron chi connectivity index (χ0n) is 11.3. The van der Waals surface area contributed by atoms with Crippen molar-refractivity contribution in [2.45, 2.75) is 20.3 Å². The molecule has 1 amide bonds. The highest BCUT2D eigenvalue weighted by Crippen LogP contribution is 2.20. The second kappa shape index (κ2) is 7.33. The Bertz CT molecular complexity index is 442. The Balaban J connectivity index is 2.76. The highest BCUT2D eigenvalue weighted by Gasteiger charge is 2.21. The van der Waals surface area contributed by atoms with Crippen LogP contribution in [-0.2, 0) is 9.53 Å². The molecule has 0 spiro atoms. The van der Waals surface area contributed by atoms with Crippen molar-refractivity contribution in [1.82, 2.24) is 4.90 Å². The van der Waals surface area contributed by atoms with E-state index in [-0.39, 0.29) is 18.3 Å². The molecule has 5 nitrogen and oxygen atoms in total. The molecule has 0 aliphatic heterocycles. The van der Waals surface area contributed by atoms with Crippen LogP contribution in [0.4, 0.5) is 0 Å². The number of nitrogens with zero attached hydrogens (tertiary/aromatic N) is 1. The number of methoxy groups -OCH3 is 1. The van der Waals surface area contributed by atoms with Gasteiger partial charge in [0.05, 0.1) is 25.4 Å². The molecule has 0 aliphatic carbocycles. The molecule has 0 unspecified atom stereocenters. The molecule has 1 heterocycles. The molecular formula is C13H18BrNO4. The highest BCUT2D eigenvalue weighted by atomic mass is 79.9. The number of hydrogen-bond acceptors (Lipinski definition) is 4. The number of furan rings is 1. The smallest absolute Gasteiger partial charge is 0.307 e. The van der Waals surface area contributed by atoms with Crippen molar-refractivity contribution in [3.05, 3.63) is 22.6 Å². The summed E-state index contributed by atoms with van der Waals surface area (Å²) in [7, 11) is 1.34. The normalized spacial score (nSPS) is 10.6. The van der Waals surface area contributed by atoms with Crippen LogP contribution in [0.3, 0.4) is 0 Å². The van der Waals surface area contributed by atoms with E-state index in [2.05, 4.69) is 20.7 Å². The van der Waals surface area contributed by atoms with Crippen LogP contribution >= 0.6 is 15.9 Å². The summed E-state index contributed by atoms with van der Waals surface area (Å²) in [4.78, 5) is 25.2. The van der Waals surface area contributed by atoms with Gasteiger partial charge in [0.25, 0.3) is 5.91 Å². The lowest BCUT2D eigenvalue weighted by Crippen LogP contribution is -2.36. The van der Waals surface area contributed by atoms with Crippen LogP contribution in [0.2, 0.25) is 0 Å². The predicted octanol–water partition coefficient (Wildman–Crippen LogP) is 2.70. The largest absolute Gasteiger partial charge is 0.469 e. The molecular weight excluding hydrogens is 314 g/mol. The van der Waals surface area contributed by atoms with Crippen LogP contribution in [0.25, 0.3) is 0 Å². The second-order valence-electron chi connectivity index (χ2n) is 4.58. The van der Waals surface area contributed by atoms with Gasteiger partial charge in [-0.2, -0.15) is 0 Å². The Morgan fingerprint density at radius 2 is 2.16 bits per heavy atom. The fourth-order valence-corrected chi connectivity index (χ4v) is 2.07. The van der Waals surface area contributed by atoms with Gasteiger partial charge >= 0.3 is 5.97 Å². The van der Waals surface area contributed by atoms with E-state index >= 15 is 0 Å². The van der Waals surface area contributed by atoms with E-state index in [0.29, 0.717) is 29.2 Å². The molecule has 0 saturated heterocycles. The minimum absolute atomic E-state index is 0.154. The summed E-state index contributed by atoms with van der Waals surface area (Å²) in [5, 5.41) is 0. The van der Waals surface area contributed by atoms with Crippen molar-refractivity contribution in [2.75, 3.05) is 20.2 Å². The quantitative estimate of drug-likeness (QED) is 0.752. The summed E-state index contributed by atoms with van der Waals surface area (Å²) in [6.45, 7) is 4.94. The number of hydrogen-bond donors (Lipinski definition) is 0. The molecule has 1 aromatic heterocycles. The minimum Gasteiger partial charge on any atom is -0.469 e. The Kier molecular flexibility index (Phi) is 6.08. The van der Waals surface area contributed by atoms with Crippen molar-refractivity contribution in [3.8, 4) is 0 Å². The van der Waals surface area contributed by atoms with Gasteiger partial charge in [0, 0.05) is 13.1 Å². The van der Waals surface area contributed by atoms with E-state index < -0.39 is 0 Å². The van der Waals surface area contributed by atoms with Gasteiger partial charge in [-0.1, -0.05) is 13.8 Å². The minimum atomic E-state index is -0.326. The molecule has 106 valence electrons. The maximum Gasteiger partial charge on any atom is 0.307 e. The van der Waals surface area contributed by atoms with Crippen LogP contribution in [0.5, 0.6) is 0 Å². The van der Waals surface area contributed by atoms with E-state index in [0.717, 1.165) is 0 Å². The standard InChI is InChI=1S/C13H18BrNO4/c1-9(2)8-15(6-4-11(16)18-3)13(17)10-5-7-19-12(10)14/h5,7,9H,4,6,8H2,1-3H3. The van der Waals surface area contributed by atoms with E-state index in [1.54, 1.807) is 11.0 Å². The molecule has 1 rings (SSSR count). The van der Waals surface area contributed by atoms with Gasteiger partial charge in [-0.15, -0.1) is 0 Å². The van der Waals surface area contributed by atoms with Crippen LogP contribution < -0.4 is 0 Å². The number of halogens is 1. The van der Waals surface area contributed by atoms with E-state index in [9.17, 15) is 9.59 Å². The van der Waals surface area contributed by atoms with E-state index in [1.165, 1.54) is 13.4 Å². The number of esters is 1. The molecule has 0 bridgehead atoms. The highest BCUT2D eigenvalue weighted by molar-refractivity contribution is 9.10. The summed E-state index contributed by atoms with van der Waals surface area (Å²) in [6.07, 6.45) is 1.63. The van der Waals surface area contributed by atoms with Gasteiger partial charge < -0.3 is 14.1 Å². The first-order valence-corrected chi connectivity index (χ1v) is 6.84. The Morgan fingerprint density at radius 3 is 2.63 bits per heavy atom. The number of carbonyl (C=O) groups is 2. The maximum atomic E-state index is 12.3. The van der Waals surface area contributed by atoms with Crippen LogP contribution in [-0.4, -0.2) is 37.0 Å². The van der Waals surface area contributed by atoms with Crippen molar-refractivity contribution < 1.29 is 18.7 Å². The average molecular weight is 332 g/mol. The van der Waals surface area contributed by atoms with Gasteiger partial charge in [0.1, 0.15) is 0 Å². The number of carbonyl (C=O) groups excluding carboxylic acids is 2. The topological polar surface area (TPSA) is 59.8 Å². The van der Waals surface area contributed by atoms with Gasteiger partial charge in [0.2, 0.25) is 0 Å². The molecule has 0 aromatic carbocycles. The molecule has 0 radical (unpaired) electrons. The molecule has 6 heteroatoms. The van der Waals surface area contributed by atoms with Gasteiger partial charge in [-0.05, 0) is 27.9 Å². The third-order valence-corrected chi connectivity index (χ3v) is 3.15. The maximum absolute atomic E-state index is 12.3. The summed E-state index contributed by atoms with van der Waals surface area (Å²) < 4.78 is 10.1. The van der Waals surface area contributed by atoms with Crippen LogP contribution in [0, 0.1) is 5.92 Å². The molecule has 1 aromatic rings. The Hall–Kier alpha value is -1.30. The Labute approximate surface area is 121 Å². The molecule has 0 N–H and O–H groups in total. The third kappa shape index (κ3) is 4.70. The number of amides is 1. The average Bonchev–Trinajstić information content (AvgIpc) is 2.78. The fraction of sp³-hybridized carbons (Fsp3) is 0.538. The van der Waals surface area contributed by atoms with Gasteiger partial charge in [-0.25, -0.2) is 0 Å². The van der Waals surface area contributed by atoms with Crippen molar-refractivity contribution in [3.63, 3.8) is 0 Å². The summed E-state index contributed by atoms with van der Waals surface area (Å²) >= 11 is 3.19. The SMILES string of the molecule is COC(=O)CCN(CC(C)C)C(=O)c1ccoc1Br. The Morgan fingerprint density at radius 1 is 1.47 bits per heavy atom. The first kappa shape index (κ1) is 15.8. The zero-order chi connectivity index (χ0) is 14.4. The molecule has 19 heavy (non-hydrogen) atoms. The second-order valence-corrected chi connectivity index (χ2v) is 5.30. The van der Waals surface area contributed by atoms with E-state index in [4.69, 9.17) is 4.42 Å². The van der Waals surface area contributed by atoms with Gasteiger partial charge in [-0.3, -0.25) is 9.59 Å². The van der Waals surface area contributed by atoms with Crippen LogP contribution in [0.15, 0.2) is 21.4 Å². The zero-order valence-corrected chi connectivity index (χ0v) is 12.9. The van der Waals surface area contributed by atoms with Gasteiger partial charge in [0.15, 0.2) is 4.67 Å². The number of rotatable bonds is 6. The molecule has 0 atom stereocenters. The van der Waals surface area contributed by atoms with Crippen molar-refractivity contribution in [2.24, 2.45) is 5.92 Å². The van der Waals surface area contributed by atoms with Crippen molar-refractivity contribution in [1.29, 1.82) is 0 Å². The van der Waals surface area contributed by atoms with Crippen molar-refractivity contribution >= 4 is 27.8 Å². The summed E-state index contributed by atoms with van der Waals surface area (Å²) in [6, 6.07) is 1.61. The predicted molar refractivity (Wildman–Crippen MR) is 73.8 cm³/mol. The molecule has 0 saturated carbocycles. The summed E-state index contributed by atoms with van der Waals surface area (Å²) in [5.74, 6) is -0.168. The third-order valence-electron chi connectivity index (χ3n) is 2.53. The number of ether oxygens (including phenoxy) is 1. The first-order chi connectivity index (χ1) is 8.95. The first-order valence-electron chi connectivity index (χ1n) is 6.04. The molecule has 0 fully saturated rings. The van der Waals surface area contributed by atoms with Crippen LogP contribution in [0.1, 0.15) is 30.6 Å².